The van der Waals surface area contributed by atoms with Gasteiger partial charge in [-0.15, -0.1) is 0 Å². The highest BCUT2D eigenvalue weighted by Gasteiger charge is 2.16. The Kier molecular flexibility index (Phi) is 5.91. The lowest BCUT2D eigenvalue weighted by atomic mass is 10.1. The van der Waals surface area contributed by atoms with Gasteiger partial charge in [0.25, 0.3) is 0 Å². The van der Waals surface area contributed by atoms with Crippen LogP contribution < -0.4 is 4.74 Å². The van der Waals surface area contributed by atoms with Gasteiger partial charge in [-0.05, 0) is 31.4 Å². The number of aromatic hydroxyl groups is 2. The standard InChI is InChI=1S/C14H18O4S2/c15-12-6-5-10(9-13(12)16)18-14(17)4-2-1-3-11-7-8-19-20-11/h5-6,9,11,15-16H,1-4,7-8H2. The van der Waals surface area contributed by atoms with E-state index in [1.165, 1.54) is 30.4 Å². The van der Waals surface area contributed by atoms with Crippen LogP contribution in [0.15, 0.2) is 18.2 Å². The van der Waals surface area contributed by atoms with Crippen molar-refractivity contribution in [3.8, 4) is 17.2 Å². The Morgan fingerprint density at radius 2 is 2.15 bits per heavy atom. The van der Waals surface area contributed by atoms with Crippen LogP contribution in [0.4, 0.5) is 0 Å². The summed E-state index contributed by atoms with van der Waals surface area (Å²) in [5, 5.41) is 19.2. The molecule has 1 aromatic rings. The molecule has 1 aliphatic rings. The molecule has 0 radical (unpaired) electrons. The van der Waals surface area contributed by atoms with E-state index in [4.69, 9.17) is 9.84 Å². The molecule has 1 unspecified atom stereocenters. The maximum absolute atomic E-state index is 11.6. The second-order valence-electron chi connectivity index (χ2n) is 4.70. The van der Waals surface area contributed by atoms with Gasteiger partial charge < -0.3 is 14.9 Å². The fourth-order valence-corrected chi connectivity index (χ4v) is 4.98. The zero-order valence-corrected chi connectivity index (χ0v) is 12.7. The van der Waals surface area contributed by atoms with Crippen LogP contribution in [0.5, 0.6) is 17.2 Å². The van der Waals surface area contributed by atoms with Crippen LogP contribution in [0.3, 0.4) is 0 Å². The van der Waals surface area contributed by atoms with Crippen molar-refractivity contribution in [2.75, 3.05) is 5.75 Å². The molecular formula is C14H18O4S2. The Labute approximate surface area is 126 Å². The molecule has 1 atom stereocenters. The summed E-state index contributed by atoms with van der Waals surface area (Å²) in [4.78, 5) is 11.6. The summed E-state index contributed by atoms with van der Waals surface area (Å²) in [5.41, 5.74) is 0. The largest absolute Gasteiger partial charge is 0.504 e. The lowest BCUT2D eigenvalue weighted by Crippen LogP contribution is -2.08. The molecule has 0 aromatic heterocycles. The highest BCUT2D eigenvalue weighted by Crippen LogP contribution is 2.39. The molecule has 0 aliphatic carbocycles. The minimum Gasteiger partial charge on any atom is -0.504 e. The van der Waals surface area contributed by atoms with E-state index < -0.39 is 0 Å². The summed E-state index contributed by atoms with van der Waals surface area (Å²) >= 11 is 0. The van der Waals surface area contributed by atoms with Crippen LogP contribution >= 0.6 is 21.6 Å². The van der Waals surface area contributed by atoms with Gasteiger partial charge in [0.1, 0.15) is 5.75 Å². The molecule has 1 heterocycles. The van der Waals surface area contributed by atoms with Gasteiger partial charge in [0, 0.05) is 23.5 Å². The summed E-state index contributed by atoms with van der Waals surface area (Å²) in [5.74, 6) is 0.682. The molecule has 4 nitrogen and oxygen atoms in total. The molecule has 0 spiro atoms. The predicted octanol–water partition coefficient (Wildman–Crippen LogP) is 3.72. The SMILES string of the molecule is O=C(CCCCC1CCSS1)Oc1ccc(O)c(O)c1. The van der Waals surface area contributed by atoms with Gasteiger partial charge in [-0.1, -0.05) is 28.0 Å². The van der Waals surface area contributed by atoms with Crippen molar-refractivity contribution in [3.63, 3.8) is 0 Å². The summed E-state index contributed by atoms with van der Waals surface area (Å²) in [6.45, 7) is 0. The van der Waals surface area contributed by atoms with E-state index in [0.29, 0.717) is 6.42 Å². The number of ether oxygens (including phenoxy) is 1. The van der Waals surface area contributed by atoms with Crippen molar-refractivity contribution < 1.29 is 19.7 Å². The van der Waals surface area contributed by atoms with Crippen molar-refractivity contribution >= 4 is 27.6 Å². The van der Waals surface area contributed by atoms with Crippen molar-refractivity contribution in [2.45, 2.75) is 37.4 Å². The average molecular weight is 314 g/mol. The molecule has 2 N–H and O–H groups in total. The molecule has 6 heteroatoms. The predicted molar refractivity (Wildman–Crippen MR) is 82.3 cm³/mol. The minimum atomic E-state index is -0.302. The van der Waals surface area contributed by atoms with Gasteiger partial charge in [0.2, 0.25) is 0 Å². The highest BCUT2D eigenvalue weighted by atomic mass is 33.1. The first-order chi connectivity index (χ1) is 9.65. The summed E-state index contributed by atoms with van der Waals surface area (Å²) in [7, 11) is 3.89. The van der Waals surface area contributed by atoms with Gasteiger partial charge in [-0.3, -0.25) is 4.79 Å². The molecule has 0 bridgehead atoms. The fraction of sp³-hybridized carbons (Fsp3) is 0.500. The van der Waals surface area contributed by atoms with Crippen molar-refractivity contribution in [1.29, 1.82) is 0 Å². The number of benzene rings is 1. The van der Waals surface area contributed by atoms with Crippen LogP contribution in [0.1, 0.15) is 32.1 Å². The molecule has 2 rings (SSSR count). The van der Waals surface area contributed by atoms with Crippen molar-refractivity contribution in [1.82, 2.24) is 0 Å². The monoisotopic (exact) mass is 314 g/mol. The Bertz CT molecular complexity index is 458. The van der Waals surface area contributed by atoms with Crippen LogP contribution in [0.2, 0.25) is 0 Å². The Balaban J connectivity index is 1.65. The molecule has 1 saturated heterocycles. The van der Waals surface area contributed by atoms with Crippen molar-refractivity contribution in [2.24, 2.45) is 0 Å². The third kappa shape index (κ3) is 4.83. The molecular weight excluding hydrogens is 296 g/mol. The molecule has 20 heavy (non-hydrogen) atoms. The minimum absolute atomic E-state index is 0.225. The number of carbonyl (C=O) groups excluding carboxylic acids is 1. The molecule has 0 saturated carbocycles. The van der Waals surface area contributed by atoms with Crippen LogP contribution in [-0.4, -0.2) is 27.2 Å². The molecule has 1 fully saturated rings. The Morgan fingerprint density at radius 1 is 1.30 bits per heavy atom. The number of phenolic OH excluding ortho intramolecular Hbond substituents is 2. The van der Waals surface area contributed by atoms with Crippen LogP contribution in [0, 0.1) is 0 Å². The Morgan fingerprint density at radius 3 is 2.85 bits per heavy atom. The zero-order chi connectivity index (χ0) is 14.4. The van der Waals surface area contributed by atoms with Gasteiger partial charge in [0.15, 0.2) is 11.5 Å². The van der Waals surface area contributed by atoms with Gasteiger partial charge in [-0.25, -0.2) is 0 Å². The van der Waals surface area contributed by atoms with Crippen LogP contribution in [-0.2, 0) is 4.79 Å². The first kappa shape index (κ1) is 15.4. The zero-order valence-electron chi connectivity index (χ0n) is 11.1. The highest BCUT2D eigenvalue weighted by molar-refractivity contribution is 8.77. The number of rotatable bonds is 6. The van der Waals surface area contributed by atoms with E-state index >= 15 is 0 Å². The number of hydrogen-bond acceptors (Lipinski definition) is 6. The number of phenols is 2. The van der Waals surface area contributed by atoms with Crippen molar-refractivity contribution in [3.05, 3.63) is 18.2 Å². The number of hydrogen-bond donors (Lipinski definition) is 2. The lowest BCUT2D eigenvalue weighted by molar-refractivity contribution is -0.134. The lowest BCUT2D eigenvalue weighted by Gasteiger charge is -2.07. The normalized spacial score (nSPS) is 18.1. The van der Waals surface area contributed by atoms with E-state index in [1.807, 2.05) is 21.6 Å². The first-order valence-corrected chi connectivity index (χ1v) is 9.04. The number of unbranched alkanes of at least 4 members (excludes halogenated alkanes) is 1. The Hall–Kier alpha value is -1.01. The van der Waals surface area contributed by atoms with Crippen LogP contribution in [0.25, 0.3) is 0 Å². The maximum Gasteiger partial charge on any atom is 0.311 e. The first-order valence-electron chi connectivity index (χ1n) is 6.66. The third-order valence-electron chi connectivity index (χ3n) is 3.06. The quantitative estimate of drug-likeness (QED) is 0.274. The second-order valence-corrected chi connectivity index (χ2v) is 7.49. The molecule has 110 valence electrons. The molecule has 0 amide bonds. The summed E-state index contributed by atoms with van der Waals surface area (Å²) < 4.78 is 5.10. The van der Waals surface area contributed by atoms with Gasteiger partial charge in [-0.2, -0.15) is 0 Å². The fourth-order valence-electron chi connectivity index (χ4n) is 1.96. The average Bonchev–Trinajstić information content (AvgIpc) is 2.92. The summed E-state index contributed by atoms with van der Waals surface area (Å²) in [6, 6.07) is 3.99. The smallest absolute Gasteiger partial charge is 0.311 e. The van der Waals surface area contributed by atoms with Gasteiger partial charge >= 0.3 is 5.97 Å². The van der Waals surface area contributed by atoms with E-state index in [9.17, 15) is 9.90 Å². The van der Waals surface area contributed by atoms with E-state index in [1.54, 1.807) is 0 Å². The number of carbonyl (C=O) groups is 1. The summed E-state index contributed by atoms with van der Waals surface area (Å²) in [6.07, 6.45) is 4.67. The maximum atomic E-state index is 11.6. The van der Waals surface area contributed by atoms with E-state index in [0.717, 1.165) is 24.5 Å². The third-order valence-corrected chi connectivity index (χ3v) is 6.07. The molecule has 1 aromatic carbocycles. The van der Waals surface area contributed by atoms with Gasteiger partial charge in [0.05, 0.1) is 0 Å². The van der Waals surface area contributed by atoms with E-state index in [-0.39, 0.29) is 23.2 Å². The van der Waals surface area contributed by atoms with E-state index in [2.05, 4.69) is 0 Å². The molecule has 1 aliphatic heterocycles. The number of esters is 1. The topological polar surface area (TPSA) is 66.8 Å². The second kappa shape index (κ2) is 7.69.